The zero-order valence-corrected chi connectivity index (χ0v) is 17.7. The third-order valence-corrected chi connectivity index (χ3v) is 7.14. The van der Waals surface area contributed by atoms with Crippen molar-refractivity contribution in [3.8, 4) is 0 Å². The lowest BCUT2D eigenvalue weighted by molar-refractivity contribution is 0.0698. The van der Waals surface area contributed by atoms with Crippen LogP contribution in [-0.4, -0.2) is 63.8 Å². The minimum absolute atomic E-state index is 0.0625. The molecule has 28 heavy (non-hydrogen) atoms. The molecule has 1 heterocycles. The second-order valence-corrected chi connectivity index (χ2v) is 9.32. The number of nitrogens with zero attached hydrogens (tertiary/aromatic N) is 3. The van der Waals surface area contributed by atoms with Gasteiger partial charge in [-0.2, -0.15) is 4.31 Å². The molecule has 0 saturated carbocycles. The maximum atomic E-state index is 13.0. The van der Waals surface area contributed by atoms with Crippen LogP contribution < -0.4 is 4.90 Å². The number of carbonyl (C=O) groups excluding carboxylic acids is 1. The summed E-state index contributed by atoms with van der Waals surface area (Å²) >= 11 is 0. The summed E-state index contributed by atoms with van der Waals surface area (Å²) in [6.07, 6.45) is 0. The topological polar surface area (TPSA) is 60.9 Å². The number of amides is 1. The van der Waals surface area contributed by atoms with E-state index in [-0.39, 0.29) is 5.91 Å². The summed E-state index contributed by atoms with van der Waals surface area (Å²) < 4.78 is 27.6. The smallest absolute Gasteiger partial charge is 0.254 e. The lowest BCUT2D eigenvalue weighted by atomic mass is 10.1. The van der Waals surface area contributed by atoms with Gasteiger partial charge in [0.25, 0.3) is 5.91 Å². The van der Waals surface area contributed by atoms with Gasteiger partial charge in [-0.15, -0.1) is 0 Å². The molecule has 0 bridgehead atoms. The van der Waals surface area contributed by atoms with Crippen molar-refractivity contribution in [2.24, 2.45) is 0 Å². The van der Waals surface area contributed by atoms with Crippen molar-refractivity contribution in [3.63, 3.8) is 0 Å². The molecule has 0 atom stereocenters. The Hall–Kier alpha value is -2.38. The first-order chi connectivity index (χ1) is 13.2. The molecule has 1 saturated heterocycles. The van der Waals surface area contributed by atoms with Crippen LogP contribution in [0.15, 0.2) is 47.4 Å². The van der Waals surface area contributed by atoms with Gasteiger partial charge in [-0.3, -0.25) is 4.79 Å². The quantitative estimate of drug-likeness (QED) is 0.790. The number of hydrogen-bond donors (Lipinski definition) is 0. The molecule has 0 unspecified atom stereocenters. The molecule has 2 aromatic rings. The van der Waals surface area contributed by atoms with E-state index in [1.807, 2.05) is 63.2 Å². The van der Waals surface area contributed by atoms with Crippen LogP contribution in [0.25, 0.3) is 0 Å². The standard InChI is InChI=1S/C21H27N3O3S/c1-16-8-9-17(2)20(14-16)28(26,27)24-12-10-23(11-13-24)21(25)18-6-5-7-19(15-18)22(3)4/h5-9,14-15H,10-13H2,1-4H3. The van der Waals surface area contributed by atoms with Crippen molar-refractivity contribution in [3.05, 3.63) is 59.2 Å². The summed E-state index contributed by atoms with van der Waals surface area (Å²) in [5.41, 5.74) is 3.24. The van der Waals surface area contributed by atoms with Crippen LogP contribution in [0.3, 0.4) is 0 Å². The minimum Gasteiger partial charge on any atom is -0.378 e. The van der Waals surface area contributed by atoms with Gasteiger partial charge >= 0.3 is 0 Å². The van der Waals surface area contributed by atoms with Crippen molar-refractivity contribution in [1.82, 2.24) is 9.21 Å². The van der Waals surface area contributed by atoms with E-state index in [0.717, 1.165) is 16.8 Å². The van der Waals surface area contributed by atoms with E-state index in [4.69, 9.17) is 0 Å². The van der Waals surface area contributed by atoms with E-state index in [1.54, 1.807) is 17.0 Å². The molecule has 0 aromatic heterocycles. The van der Waals surface area contributed by atoms with Crippen LogP contribution in [0.5, 0.6) is 0 Å². The molecule has 0 N–H and O–H groups in total. The maximum Gasteiger partial charge on any atom is 0.254 e. The molecule has 1 aliphatic heterocycles. The highest BCUT2D eigenvalue weighted by molar-refractivity contribution is 7.89. The van der Waals surface area contributed by atoms with Gasteiger partial charge < -0.3 is 9.80 Å². The average Bonchev–Trinajstić information content (AvgIpc) is 2.69. The van der Waals surface area contributed by atoms with Gasteiger partial charge in [-0.1, -0.05) is 18.2 Å². The van der Waals surface area contributed by atoms with Crippen molar-refractivity contribution >= 4 is 21.6 Å². The summed E-state index contributed by atoms with van der Waals surface area (Å²) in [5.74, 6) is -0.0625. The molecule has 6 nitrogen and oxygen atoms in total. The van der Waals surface area contributed by atoms with Gasteiger partial charge in [-0.25, -0.2) is 8.42 Å². The lowest BCUT2D eigenvalue weighted by Crippen LogP contribution is -2.50. The average molecular weight is 402 g/mol. The number of benzene rings is 2. The van der Waals surface area contributed by atoms with Crippen molar-refractivity contribution in [2.75, 3.05) is 45.2 Å². The van der Waals surface area contributed by atoms with E-state index < -0.39 is 10.0 Å². The Morgan fingerprint density at radius 1 is 0.964 bits per heavy atom. The first-order valence-electron chi connectivity index (χ1n) is 9.34. The fourth-order valence-electron chi connectivity index (χ4n) is 3.36. The van der Waals surface area contributed by atoms with Crippen molar-refractivity contribution in [1.29, 1.82) is 0 Å². The molecule has 1 fully saturated rings. The summed E-state index contributed by atoms with van der Waals surface area (Å²) in [5, 5.41) is 0. The highest BCUT2D eigenvalue weighted by Gasteiger charge is 2.31. The van der Waals surface area contributed by atoms with Gasteiger partial charge in [0, 0.05) is 51.5 Å². The highest BCUT2D eigenvalue weighted by atomic mass is 32.2. The Bertz CT molecular complexity index is 978. The normalized spacial score (nSPS) is 15.5. The zero-order chi connectivity index (χ0) is 20.5. The van der Waals surface area contributed by atoms with E-state index in [9.17, 15) is 13.2 Å². The summed E-state index contributed by atoms with van der Waals surface area (Å²) in [7, 11) is 0.304. The van der Waals surface area contributed by atoms with Gasteiger partial charge in [-0.05, 0) is 49.2 Å². The molecular weight excluding hydrogens is 374 g/mol. The molecule has 0 spiro atoms. The van der Waals surface area contributed by atoms with Crippen molar-refractivity contribution < 1.29 is 13.2 Å². The number of aryl methyl sites for hydroxylation is 2. The van der Waals surface area contributed by atoms with E-state index in [2.05, 4.69) is 0 Å². The predicted molar refractivity (Wildman–Crippen MR) is 111 cm³/mol. The Kier molecular flexibility index (Phi) is 5.76. The number of sulfonamides is 1. The second-order valence-electron chi connectivity index (χ2n) is 7.41. The molecule has 3 rings (SSSR count). The van der Waals surface area contributed by atoms with E-state index in [0.29, 0.717) is 36.6 Å². The van der Waals surface area contributed by atoms with Crippen LogP contribution in [-0.2, 0) is 10.0 Å². The Labute approximate surface area is 167 Å². The van der Waals surface area contributed by atoms with Crippen LogP contribution in [0, 0.1) is 13.8 Å². The van der Waals surface area contributed by atoms with Gasteiger partial charge in [0.2, 0.25) is 10.0 Å². The Morgan fingerprint density at radius 2 is 1.64 bits per heavy atom. The summed E-state index contributed by atoms with van der Waals surface area (Å²) in [6, 6.07) is 12.9. The van der Waals surface area contributed by atoms with Crippen LogP contribution >= 0.6 is 0 Å². The predicted octanol–water partition coefficient (Wildman–Crippen LogP) is 2.52. The molecule has 1 aliphatic rings. The van der Waals surface area contributed by atoms with Crippen LogP contribution in [0.1, 0.15) is 21.5 Å². The zero-order valence-electron chi connectivity index (χ0n) is 16.8. The molecule has 7 heteroatoms. The molecule has 2 aromatic carbocycles. The molecular formula is C21H27N3O3S. The molecule has 1 amide bonds. The maximum absolute atomic E-state index is 13.0. The Balaban J connectivity index is 1.73. The van der Waals surface area contributed by atoms with Gasteiger partial charge in [0.15, 0.2) is 0 Å². The van der Waals surface area contributed by atoms with Gasteiger partial charge in [0.05, 0.1) is 4.90 Å². The number of hydrogen-bond acceptors (Lipinski definition) is 4. The molecule has 0 radical (unpaired) electrons. The largest absolute Gasteiger partial charge is 0.378 e. The lowest BCUT2D eigenvalue weighted by Gasteiger charge is -2.34. The third kappa shape index (κ3) is 4.05. The van der Waals surface area contributed by atoms with Crippen LogP contribution in [0.4, 0.5) is 5.69 Å². The van der Waals surface area contributed by atoms with Crippen LogP contribution in [0.2, 0.25) is 0 Å². The number of piperazine rings is 1. The number of rotatable bonds is 4. The first kappa shape index (κ1) is 20.4. The molecule has 0 aliphatic carbocycles. The monoisotopic (exact) mass is 401 g/mol. The SMILES string of the molecule is Cc1ccc(C)c(S(=O)(=O)N2CCN(C(=O)c3cccc(N(C)C)c3)CC2)c1. The number of carbonyl (C=O) groups is 1. The minimum atomic E-state index is -3.56. The molecule has 150 valence electrons. The number of anilines is 1. The third-order valence-electron chi connectivity index (χ3n) is 5.10. The summed E-state index contributed by atoms with van der Waals surface area (Å²) in [4.78, 5) is 16.9. The van der Waals surface area contributed by atoms with Gasteiger partial charge in [0.1, 0.15) is 0 Å². The first-order valence-corrected chi connectivity index (χ1v) is 10.8. The second kappa shape index (κ2) is 7.93. The summed E-state index contributed by atoms with van der Waals surface area (Å²) in [6.45, 7) is 5.06. The van der Waals surface area contributed by atoms with E-state index >= 15 is 0 Å². The highest BCUT2D eigenvalue weighted by Crippen LogP contribution is 2.23. The fraction of sp³-hybridized carbons (Fsp3) is 0.381. The fourth-order valence-corrected chi connectivity index (χ4v) is 5.09. The van der Waals surface area contributed by atoms with Crippen molar-refractivity contribution in [2.45, 2.75) is 18.7 Å². The Morgan fingerprint density at radius 3 is 2.29 bits per heavy atom. The van der Waals surface area contributed by atoms with E-state index in [1.165, 1.54) is 4.31 Å².